The van der Waals surface area contributed by atoms with Crippen LogP contribution in [-0.4, -0.2) is 22.2 Å². The number of para-hydroxylation sites is 2. The molecule has 0 spiro atoms. The molecule has 3 heterocycles. The highest BCUT2D eigenvalue weighted by Gasteiger charge is 2.41. The number of benzene rings is 9. The first-order valence-corrected chi connectivity index (χ1v) is 26.0. The van der Waals surface area contributed by atoms with Crippen molar-refractivity contribution in [1.82, 2.24) is 14.1 Å². The average Bonchev–Trinajstić information content (AvgIpc) is 0.904. The predicted molar refractivity (Wildman–Crippen MR) is 309 cm³/mol. The van der Waals surface area contributed by atoms with Gasteiger partial charge in [-0.2, -0.15) is 0 Å². The molecule has 0 aliphatic rings. The van der Waals surface area contributed by atoms with Crippen LogP contribution >= 0.6 is 0 Å². The lowest BCUT2D eigenvalue weighted by molar-refractivity contribution is -0.572. The summed E-state index contributed by atoms with van der Waals surface area (Å²) in [6, 6.07) is 17.5. The average molecular weight is 995 g/mol. The van der Waals surface area contributed by atoms with Gasteiger partial charge < -0.3 is 4.74 Å². The summed E-state index contributed by atoms with van der Waals surface area (Å²) in [6.45, 7) is 12.2. The van der Waals surface area contributed by atoms with Crippen molar-refractivity contribution in [3.63, 3.8) is 0 Å². The molecule has 0 saturated carbocycles. The van der Waals surface area contributed by atoms with E-state index in [1.165, 1.54) is 18.2 Å². The van der Waals surface area contributed by atoms with Gasteiger partial charge in [0.15, 0.2) is 8.07 Å². The van der Waals surface area contributed by atoms with Crippen LogP contribution < -0.4 is 30.1 Å². The van der Waals surface area contributed by atoms with Crippen molar-refractivity contribution in [3.05, 3.63) is 260 Å². The van der Waals surface area contributed by atoms with Crippen molar-refractivity contribution in [1.29, 1.82) is 0 Å². The van der Waals surface area contributed by atoms with Crippen molar-refractivity contribution in [3.8, 4) is 39.8 Å². The lowest BCUT2D eigenvalue weighted by atomic mass is 9.83. The van der Waals surface area contributed by atoms with Gasteiger partial charge in [-0.3, -0.25) is 13.7 Å². The second-order valence-electron chi connectivity index (χ2n) is 20.0. The number of pyridine rings is 1. The number of aromatic nitrogens is 4. The van der Waals surface area contributed by atoms with Gasteiger partial charge >= 0.3 is 0 Å². The zero-order valence-corrected chi connectivity index (χ0v) is 42.2. The van der Waals surface area contributed by atoms with Crippen molar-refractivity contribution in [2.24, 2.45) is 0 Å². The molecular formula is C68H58N4OSi. The lowest BCUT2D eigenvalue weighted by Crippen LogP contribution is -2.74. The van der Waals surface area contributed by atoms with Gasteiger partial charge in [-0.15, -0.1) is 0 Å². The van der Waals surface area contributed by atoms with Gasteiger partial charge in [0.2, 0.25) is 0 Å². The van der Waals surface area contributed by atoms with Crippen LogP contribution in [0.5, 0.6) is 11.5 Å². The Hall–Kier alpha value is -8.58. The van der Waals surface area contributed by atoms with Crippen LogP contribution in [0.15, 0.2) is 242 Å². The Balaban J connectivity index is 1.21. The Morgan fingerprint density at radius 2 is 1.15 bits per heavy atom. The van der Waals surface area contributed by atoms with Gasteiger partial charge in [0, 0.05) is 23.0 Å². The summed E-state index contributed by atoms with van der Waals surface area (Å²) in [5.74, 6) is 1.41. The maximum atomic E-state index is 9.77. The fourth-order valence-electron chi connectivity index (χ4n) is 9.89. The largest absolute Gasteiger partial charge is 0.458 e. The van der Waals surface area contributed by atoms with E-state index in [1.54, 1.807) is 51.7 Å². The second-order valence-corrected chi connectivity index (χ2v) is 23.5. The van der Waals surface area contributed by atoms with Crippen LogP contribution in [-0.2, 0) is 10.8 Å². The van der Waals surface area contributed by atoms with Gasteiger partial charge in [0.25, 0.3) is 6.33 Å². The maximum Gasteiger partial charge on any atom is 0.269 e. The Morgan fingerprint density at radius 3 is 1.81 bits per heavy atom. The minimum absolute atomic E-state index is 0.116. The Kier molecular flexibility index (Phi) is 7.29. The summed E-state index contributed by atoms with van der Waals surface area (Å²) >= 11 is 0. The summed E-state index contributed by atoms with van der Waals surface area (Å²) in [5, 5.41) is -0.315. The molecule has 9 aromatic carbocycles. The van der Waals surface area contributed by atoms with Crippen molar-refractivity contribution in [2.75, 3.05) is 0 Å². The highest BCUT2D eigenvalue weighted by atomic mass is 28.3. The van der Waals surface area contributed by atoms with Crippen LogP contribution in [0, 0.1) is 6.33 Å². The van der Waals surface area contributed by atoms with Crippen LogP contribution in [0.25, 0.3) is 61.2 Å². The molecule has 0 radical (unpaired) electrons. The molecule has 360 valence electrons. The molecule has 0 aliphatic carbocycles. The van der Waals surface area contributed by atoms with E-state index in [0.717, 1.165) is 27.4 Å². The van der Waals surface area contributed by atoms with E-state index < -0.39 is 150 Å². The fraction of sp³-hybridized carbons (Fsp3) is 0.118. The highest BCUT2D eigenvalue weighted by molar-refractivity contribution is 7.20. The van der Waals surface area contributed by atoms with Crippen LogP contribution in [0.2, 0.25) is 0 Å². The number of imidazole rings is 1. The summed E-state index contributed by atoms with van der Waals surface area (Å²) in [4.78, 5) is 4.84. The van der Waals surface area contributed by atoms with Gasteiger partial charge in [-0.25, -0.2) is 4.98 Å². The molecule has 5 nitrogen and oxygen atoms in total. The minimum Gasteiger partial charge on any atom is -0.458 e. The number of hydrogen-bond acceptors (Lipinski definition) is 2. The fourth-order valence-corrected chi connectivity index (χ4v) is 13.7. The van der Waals surface area contributed by atoms with E-state index in [9.17, 15) is 11.0 Å². The van der Waals surface area contributed by atoms with Crippen molar-refractivity contribution >= 4 is 61.7 Å². The third kappa shape index (κ3) is 8.12. The molecule has 74 heavy (non-hydrogen) atoms. The standard InChI is InChI=1S/C68H58N4OSi/c1-67(2,3)49-41-42-69-65(43-49)72-61-36-20-19-33-58(61)59-39-37-52(45-63(59)72)73-51-26-21-25-50(44-51)70-47-71(66-57(48-23-11-7-12-24-48)34-22-35-60(66)68(4,5)6)62-40-38-56(46-64(62)70)74(53-27-13-8-14-28-53,54-29-15-9-16-30-54)55-31-17-10-18-32-55/h7-46H,1-6H3/i7D,8D,9D,10D,11D,12D,13D,14D,15D,16D,17D,18D,23D,24D,27D,28D,29D,30D,31D,32D. The molecule has 12 aromatic rings. The molecular weight excluding hydrogens is 917 g/mol. The predicted octanol–water partition coefficient (Wildman–Crippen LogP) is 13.6. The number of hydrogen-bond donors (Lipinski definition) is 0. The monoisotopic (exact) mass is 995 g/mol. The topological polar surface area (TPSA) is 35.9 Å². The zero-order valence-electron chi connectivity index (χ0n) is 61.2. The van der Waals surface area contributed by atoms with E-state index in [0.29, 0.717) is 28.6 Å². The third-order valence-corrected chi connectivity index (χ3v) is 17.5. The van der Waals surface area contributed by atoms with Gasteiger partial charge in [-0.05, 0) is 102 Å². The van der Waals surface area contributed by atoms with E-state index in [-0.39, 0.29) is 38.4 Å². The zero-order chi connectivity index (χ0) is 68.0. The number of ether oxygens (including phenoxy) is 1. The van der Waals surface area contributed by atoms with Crippen LogP contribution in [0.1, 0.15) is 80.1 Å². The molecule has 3 aromatic heterocycles. The highest BCUT2D eigenvalue weighted by Crippen LogP contribution is 2.38. The molecule has 0 aliphatic heterocycles. The quantitative estimate of drug-likeness (QED) is 0.0592. The van der Waals surface area contributed by atoms with E-state index in [4.69, 9.17) is 26.2 Å². The third-order valence-electron chi connectivity index (χ3n) is 13.3. The summed E-state index contributed by atoms with van der Waals surface area (Å²) in [5.41, 5.74) is 3.39. The molecule has 0 saturated heterocycles. The summed E-state index contributed by atoms with van der Waals surface area (Å²) < 4.78 is 197. The van der Waals surface area contributed by atoms with Gasteiger partial charge in [0.05, 0.1) is 60.9 Å². The summed E-state index contributed by atoms with van der Waals surface area (Å²) in [7, 11) is -5.68. The Morgan fingerprint density at radius 1 is 0.527 bits per heavy atom. The molecule has 0 unspecified atom stereocenters. The van der Waals surface area contributed by atoms with E-state index in [2.05, 4.69) is 37.7 Å². The molecule has 6 heteroatoms. The van der Waals surface area contributed by atoms with Crippen molar-refractivity contribution < 1.29 is 36.7 Å². The summed E-state index contributed by atoms with van der Waals surface area (Å²) in [6.07, 6.45) is 5.28. The number of nitrogens with zero attached hydrogens (tertiary/aromatic N) is 4. The van der Waals surface area contributed by atoms with Crippen molar-refractivity contribution in [2.45, 2.75) is 52.4 Å². The molecule has 0 atom stereocenters. The van der Waals surface area contributed by atoms with Crippen LogP contribution in [0.3, 0.4) is 0 Å². The second kappa shape index (κ2) is 18.5. The Labute approximate surface area is 463 Å². The maximum absolute atomic E-state index is 9.77. The van der Waals surface area contributed by atoms with E-state index in [1.807, 2.05) is 75.4 Å². The minimum atomic E-state index is -5.68. The molecule has 0 fully saturated rings. The lowest BCUT2D eigenvalue weighted by Gasteiger charge is -2.34. The first-order valence-electron chi connectivity index (χ1n) is 34.0. The van der Waals surface area contributed by atoms with E-state index >= 15 is 0 Å². The normalized spacial score (nSPS) is 16.0. The molecule has 0 amide bonds. The first kappa shape index (κ1) is 29.2. The number of rotatable bonds is 10. The molecule has 0 bridgehead atoms. The van der Waals surface area contributed by atoms with Gasteiger partial charge in [0.1, 0.15) is 17.3 Å². The SMILES string of the molecule is [2H]c1c([2H])c([2H])c(-c2cccc(C(C)(C)C)c2-[n+]2[c-]n(-c3cccc(Oc4ccc5c6ccccc6n(-c6cc(C(C)(C)C)ccn6)c5c4)c3)c3cc([Si](c4c([2H])c([2H])c([2H])c([2H])c4[2H])(c4c([2H])c([2H])c([2H])c([2H])c4[2H])c4c([2H])c([2H])c([2H])c([2H])c4[2H])ccc32)c([2H])c1[2H]. The molecule has 12 rings (SSSR count). The first-order chi connectivity index (χ1) is 44.2. The molecule has 0 N–H and O–H groups in total. The number of fused-ring (bicyclic) bond motifs is 4. The smallest absolute Gasteiger partial charge is 0.269 e. The van der Waals surface area contributed by atoms with Gasteiger partial charge in [-0.1, -0.05) is 223 Å². The Bertz CT molecular complexity index is 4960. The van der Waals surface area contributed by atoms with Crippen LogP contribution in [0.4, 0.5) is 0 Å².